The molecule has 0 spiro atoms. The van der Waals surface area contributed by atoms with Crippen molar-refractivity contribution < 1.29 is 0 Å². The average Bonchev–Trinajstić information content (AvgIpc) is 2.50. The van der Waals surface area contributed by atoms with Gasteiger partial charge in [0.25, 0.3) is 0 Å². The van der Waals surface area contributed by atoms with Crippen LogP contribution in [0.5, 0.6) is 0 Å². The van der Waals surface area contributed by atoms with Crippen LogP contribution in [0.25, 0.3) is 0 Å². The predicted molar refractivity (Wildman–Crippen MR) is 112 cm³/mol. The lowest BCUT2D eigenvalue weighted by atomic mass is 10.2. The summed E-state index contributed by atoms with van der Waals surface area (Å²) in [6.07, 6.45) is 1.11. The second-order valence-corrected chi connectivity index (χ2v) is 6.12. The summed E-state index contributed by atoms with van der Waals surface area (Å²) >= 11 is 0. The van der Waals surface area contributed by atoms with E-state index in [1.54, 1.807) is 0 Å². The van der Waals surface area contributed by atoms with E-state index in [4.69, 9.17) is 0 Å². The van der Waals surface area contributed by atoms with E-state index in [1.807, 2.05) is 0 Å². The number of rotatable bonds is 9. The lowest BCUT2D eigenvalue weighted by Gasteiger charge is -2.17. The van der Waals surface area contributed by atoms with Gasteiger partial charge in [0.15, 0.2) is 5.96 Å². The first-order chi connectivity index (χ1) is 10.6. The zero-order chi connectivity index (χ0) is 16.2. The standard InChI is InChI=1S/C18H32N4.HI/c1-5-19-18(21-14-16(2)3)20-12-9-13-22(4)15-17-10-7-6-8-11-17;/h6-8,10-11,16H,5,9,12-15H2,1-4H3,(H2,19,20,21);1H. The van der Waals surface area contributed by atoms with Crippen LogP contribution in [-0.4, -0.2) is 44.1 Å². The van der Waals surface area contributed by atoms with Gasteiger partial charge in [-0.1, -0.05) is 44.2 Å². The topological polar surface area (TPSA) is 39.7 Å². The number of nitrogens with zero attached hydrogens (tertiary/aromatic N) is 2. The molecule has 1 aromatic carbocycles. The lowest BCUT2D eigenvalue weighted by Crippen LogP contribution is -2.38. The summed E-state index contributed by atoms with van der Waals surface area (Å²) < 4.78 is 0. The van der Waals surface area contributed by atoms with E-state index in [0.29, 0.717) is 5.92 Å². The van der Waals surface area contributed by atoms with Crippen molar-refractivity contribution in [2.24, 2.45) is 10.9 Å². The minimum absolute atomic E-state index is 0. The molecule has 1 aromatic rings. The van der Waals surface area contributed by atoms with Crippen molar-refractivity contribution in [1.82, 2.24) is 15.5 Å². The Kier molecular flexibility index (Phi) is 13.1. The van der Waals surface area contributed by atoms with E-state index in [-0.39, 0.29) is 24.0 Å². The molecule has 23 heavy (non-hydrogen) atoms. The minimum Gasteiger partial charge on any atom is -0.357 e. The van der Waals surface area contributed by atoms with Crippen LogP contribution in [-0.2, 0) is 6.54 Å². The summed E-state index contributed by atoms with van der Waals surface area (Å²) in [5.41, 5.74) is 1.37. The fourth-order valence-corrected chi connectivity index (χ4v) is 2.15. The highest BCUT2D eigenvalue weighted by Gasteiger charge is 2.01. The Labute approximate surface area is 159 Å². The molecule has 0 bridgehead atoms. The number of benzene rings is 1. The summed E-state index contributed by atoms with van der Waals surface area (Å²) in [4.78, 5) is 6.93. The molecule has 1 rings (SSSR count). The fraction of sp³-hybridized carbons (Fsp3) is 0.611. The Balaban J connectivity index is 0.00000484. The van der Waals surface area contributed by atoms with Crippen LogP contribution in [0.15, 0.2) is 35.3 Å². The van der Waals surface area contributed by atoms with E-state index in [1.165, 1.54) is 5.56 Å². The van der Waals surface area contributed by atoms with Gasteiger partial charge in [0.2, 0.25) is 0 Å². The zero-order valence-electron chi connectivity index (χ0n) is 15.0. The minimum atomic E-state index is 0. The summed E-state index contributed by atoms with van der Waals surface area (Å²) in [7, 11) is 2.17. The van der Waals surface area contributed by atoms with Gasteiger partial charge in [0.05, 0.1) is 0 Å². The van der Waals surface area contributed by atoms with Gasteiger partial charge >= 0.3 is 0 Å². The van der Waals surface area contributed by atoms with Gasteiger partial charge in [-0.05, 0) is 38.4 Å². The molecule has 5 heteroatoms. The van der Waals surface area contributed by atoms with Crippen LogP contribution in [0.3, 0.4) is 0 Å². The molecule has 0 atom stereocenters. The number of hydrogen-bond donors (Lipinski definition) is 2. The number of halogens is 1. The zero-order valence-corrected chi connectivity index (χ0v) is 17.3. The average molecular weight is 432 g/mol. The molecular weight excluding hydrogens is 399 g/mol. The molecule has 0 aromatic heterocycles. The van der Waals surface area contributed by atoms with Crippen LogP contribution in [0.4, 0.5) is 0 Å². The van der Waals surface area contributed by atoms with E-state index in [0.717, 1.165) is 45.1 Å². The molecule has 132 valence electrons. The maximum atomic E-state index is 4.58. The van der Waals surface area contributed by atoms with Crippen molar-refractivity contribution in [3.8, 4) is 0 Å². The molecule has 4 nitrogen and oxygen atoms in total. The van der Waals surface area contributed by atoms with Crippen molar-refractivity contribution in [3.05, 3.63) is 35.9 Å². The molecule has 0 fully saturated rings. The van der Waals surface area contributed by atoms with Crippen molar-refractivity contribution in [2.45, 2.75) is 33.7 Å². The first kappa shape index (κ1) is 22.2. The summed E-state index contributed by atoms with van der Waals surface area (Å²) in [6.45, 7) is 11.3. The number of nitrogens with one attached hydrogen (secondary N) is 2. The van der Waals surface area contributed by atoms with Gasteiger partial charge in [0.1, 0.15) is 0 Å². The second-order valence-electron chi connectivity index (χ2n) is 6.12. The Morgan fingerprint density at radius 1 is 1.17 bits per heavy atom. The van der Waals surface area contributed by atoms with Crippen LogP contribution in [0.1, 0.15) is 32.8 Å². The molecule has 2 N–H and O–H groups in total. The van der Waals surface area contributed by atoms with Crippen LogP contribution in [0, 0.1) is 5.92 Å². The highest BCUT2D eigenvalue weighted by Crippen LogP contribution is 2.02. The molecular formula is C18H33IN4. The van der Waals surface area contributed by atoms with Crippen LogP contribution in [0.2, 0.25) is 0 Å². The van der Waals surface area contributed by atoms with E-state index >= 15 is 0 Å². The second kappa shape index (κ2) is 13.6. The Morgan fingerprint density at radius 3 is 2.48 bits per heavy atom. The van der Waals surface area contributed by atoms with Gasteiger partial charge < -0.3 is 15.5 Å². The smallest absolute Gasteiger partial charge is 0.191 e. The highest BCUT2D eigenvalue weighted by atomic mass is 127. The molecule has 0 saturated carbocycles. The molecule has 0 heterocycles. The van der Waals surface area contributed by atoms with Gasteiger partial charge in [-0.3, -0.25) is 4.99 Å². The van der Waals surface area contributed by atoms with Gasteiger partial charge in [-0.15, -0.1) is 24.0 Å². The Hall–Kier alpha value is -0.820. The number of hydrogen-bond acceptors (Lipinski definition) is 2. The summed E-state index contributed by atoms with van der Waals surface area (Å²) in [5, 5.41) is 6.70. The summed E-state index contributed by atoms with van der Waals surface area (Å²) in [6, 6.07) is 10.6. The van der Waals surface area contributed by atoms with Crippen molar-refractivity contribution >= 4 is 29.9 Å². The molecule has 0 saturated heterocycles. The van der Waals surface area contributed by atoms with E-state index in [2.05, 4.69) is 78.7 Å². The first-order valence-corrected chi connectivity index (χ1v) is 8.36. The first-order valence-electron chi connectivity index (χ1n) is 8.36. The van der Waals surface area contributed by atoms with E-state index in [9.17, 15) is 0 Å². The van der Waals surface area contributed by atoms with Gasteiger partial charge in [-0.25, -0.2) is 0 Å². The van der Waals surface area contributed by atoms with Crippen LogP contribution < -0.4 is 10.6 Å². The van der Waals surface area contributed by atoms with Gasteiger partial charge in [0, 0.05) is 26.2 Å². The SMILES string of the molecule is CCNC(=NCC(C)C)NCCCN(C)Cc1ccccc1.I. The Bertz CT molecular complexity index is 420. The predicted octanol–water partition coefficient (Wildman–Crippen LogP) is 3.34. The van der Waals surface area contributed by atoms with Crippen molar-refractivity contribution in [1.29, 1.82) is 0 Å². The number of aliphatic imine (C=N–C) groups is 1. The lowest BCUT2D eigenvalue weighted by molar-refractivity contribution is 0.322. The molecule has 0 aliphatic rings. The van der Waals surface area contributed by atoms with Crippen LogP contribution >= 0.6 is 24.0 Å². The maximum absolute atomic E-state index is 4.58. The molecule has 0 aliphatic heterocycles. The molecule has 0 unspecified atom stereocenters. The molecule has 0 aliphatic carbocycles. The maximum Gasteiger partial charge on any atom is 0.191 e. The highest BCUT2D eigenvalue weighted by molar-refractivity contribution is 14.0. The molecule has 0 amide bonds. The Morgan fingerprint density at radius 2 is 1.87 bits per heavy atom. The summed E-state index contributed by atoms with van der Waals surface area (Å²) in [5.74, 6) is 1.52. The van der Waals surface area contributed by atoms with Crippen molar-refractivity contribution in [3.63, 3.8) is 0 Å². The monoisotopic (exact) mass is 432 g/mol. The number of guanidine groups is 1. The van der Waals surface area contributed by atoms with Crippen molar-refractivity contribution in [2.75, 3.05) is 33.2 Å². The molecule has 0 radical (unpaired) electrons. The third-order valence-electron chi connectivity index (χ3n) is 3.26. The fourth-order valence-electron chi connectivity index (χ4n) is 2.15. The third-order valence-corrected chi connectivity index (χ3v) is 3.26. The third kappa shape index (κ3) is 11.4. The van der Waals surface area contributed by atoms with Gasteiger partial charge in [-0.2, -0.15) is 0 Å². The normalized spacial score (nSPS) is 11.5. The van der Waals surface area contributed by atoms with E-state index < -0.39 is 0 Å². The quantitative estimate of drug-likeness (QED) is 0.272. The largest absolute Gasteiger partial charge is 0.357 e.